The molecule has 5 heteroatoms. The number of para-hydroxylation sites is 2. The van der Waals surface area contributed by atoms with Crippen LogP contribution in [-0.4, -0.2) is 33.3 Å². The van der Waals surface area contributed by atoms with E-state index >= 15 is 0 Å². The van der Waals surface area contributed by atoms with Gasteiger partial charge in [0.2, 0.25) is 0 Å². The van der Waals surface area contributed by atoms with Crippen LogP contribution in [0, 0.1) is 0 Å². The number of hydrogen-bond donors (Lipinski definition) is 2. The SMILES string of the molecule is CSCCC(N)c1nc2ccccc2n1CCCO. The highest BCUT2D eigenvalue weighted by Crippen LogP contribution is 2.22. The monoisotopic (exact) mass is 279 g/mol. The van der Waals surface area contributed by atoms with Crippen molar-refractivity contribution in [2.24, 2.45) is 5.73 Å². The molecular formula is C14H21N3OS. The third-order valence-electron chi connectivity index (χ3n) is 3.19. The molecule has 0 fully saturated rings. The van der Waals surface area contributed by atoms with Crippen molar-refractivity contribution in [3.05, 3.63) is 30.1 Å². The van der Waals surface area contributed by atoms with Crippen LogP contribution in [-0.2, 0) is 6.54 Å². The Morgan fingerprint density at radius 2 is 2.21 bits per heavy atom. The van der Waals surface area contributed by atoms with Gasteiger partial charge in [0.25, 0.3) is 0 Å². The lowest BCUT2D eigenvalue weighted by molar-refractivity contribution is 0.279. The van der Waals surface area contributed by atoms with Gasteiger partial charge in [-0.15, -0.1) is 0 Å². The van der Waals surface area contributed by atoms with Crippen LogP contribution in [0.25, 0.3) is 11.0 Å². The molecule has 0 aliphatic carbocycles. The van der Waals surface area contributed by atoms with Crippen molar-refractivity contribution in [2.75, 3.05) is 18.6 Å². The molecule has 4 nitrogen and oxygen atoms in total. The standard InChI is InChI=1S/C14H21N3OS/c1-19-10-7-11(15)14-16-12-5-2-3-6-13(12)17(14)8-4-9-18/h2-3,5-6,11,18H,4,7-10,15H2,1H3. The zero-order valence-corrected chi connectivity index (χ0v) is 12.1. The smallest absolute Gasteiger partial charge is 0.126 e. The van der Waals surface area contributed by atoms with Crippen molar-refractivity contribution in [1.29, 1.82) is 0 Å². The Bertz CT molecular complexity index is 526. The third-order valence-corrected chi connectivity index (χ3v) is 3.83. The predicted molar refractivity (Wildman–Crippen MR) is 81.4 cm³/mol. The minimum absolute atomic E-state index is 0.0430. The van der Waals surface area contributed by atoms with Crippen LogP contribution >= 0.6 is 11.8 Å². The Morgan fingerprint density at radius 3 is 2.95 bits per heavy atom. The molecule has 1 heterocycles. The third kappa shape index (κ3) is 3.29. The first kappa shape index (κ1) is 14.4. The van der Waals surface area contributed by atoms with Gasteiger partial charge in [-0.05, 0) is 37.0 Å². The molecule has 19 heavy (non-hydrogen) atoms. The normalized spacial score (nSPS) is 13.0. The van der Waals surface area contributed by atoms with E-state index < -0.39 is 0 Å². The van der Waals surface area contributed by atoms with Crippen LogP contribution in [0.2, 0.25) is 0 Å². The van der Waals surface area contributed by atoms with Gasteiger partial charge in [-0.2, -0.15) is 11.8 Å². The molecule has 0 amide bonds. The van der Waals surface area contributed by atoms with Gasteiger partial charge in [-0.1, -0.05) is 12.1 Å². The fraction of sp³-hybridized carbons (Fsp3) is 0.500. The molecule has 2 aromatic rings. The molecule has 0 aliphatic rings. The Balaban J connectivity index is 2.34. The van der Waals surface area contributed by atoms with Crippen molar-refractivity contribution in [3.63, 3.8) is 0 Å². The van der Waals surface area contributed by atoms with Gasteiger partial charge in [0.1, 0.15) is 5.82 Å². The molecule has 1 unspecified atom stereocenters. The second-order valence-corrected chi connectivity index (χ2v) is 5.56. The number of thioether (sulfide) groups is 1. The van der Waals surface area contributed by atoms with Gasteiger partial charge in [-0.25, -0.2) is 4.98 Å². The van der Waals surface area contributed by atoms with Crippen molar-refractivity contribution >= 4 is 22.8 Å². The maximum Gasteiger partial charge on any atom is 0.126 e. The summed E-state index contributed by atoms with van der Waals surface area (Å²) < 4.78 is 2.15. The quantitative estimate of drug-likeness (QED) is 0.815. The maximum absolute atomic E-state index is 9.04. The van der Waals surface area contributed by atoms with E-state index in [-0.39, 0.29) is 12.6 Å². The lowest BCUT2D eigenvalue weighted by Crippen LogP contribution is -2.18. The average Bonchev–Trinajstić information content (AvgIpc) is 2.81. The van der Waals surface area contributed by atoms with E-state index in [4.69, 9.17) is 10.8 Å². The number of aliphatic hydroxyl groups is 1. The fourth-order valence-corrected chi connectivity index (χ4v) is 2.70. The summed E-state index contributed by atoms with van der Waals surface area (Å²) >= 11 is 1.80. The summed E-state index contributed by atoms with van der Waals surface area (Å²) in [5.41, 5.74) is 8.34. The molecule has 0 spiro atoms. The van der Waals surface area contributed by atoms with E-state index in [0.29, 0.717) is 0 Å². The number of aliphatic hydroxyl groups excluding tert-OH is 1. The van der Waals surface area contributed by atoms with Gasteiger partial charge >= 0.3 is 0 Å². The molecular weight excluding hydrogens is 258 g/mol. The highest BCUT2D eigenvalue weighted by molar-refractivity contribution is 7.98. The fourth-order valence-electron chi connectivity index (χ4n) is 2.21. The second-order valence-electron chi connectivity index (χ2n) is 4.58. The lowest BCUT2D eigenvalue weighted by Gasteiger charge is -2.14. The summed E-state index contributed by atoms with van der Waals surface area (Å²) in [6.07, 6.45) is 3.73. The molecule has 0 saturated carbocycles. The maximum atomic E-state index is 9.04. The number of benzene rings is 1. The van der Waals surface area contributed by atoms with Gasteiger partial charge in [0, 0.05) is 13.2 Å². The number of imidazole rings is 1. The summed E-state index contributed by atoms with van der Waals surface area (Å²) in [5.74, 6) is 1.97. The van der Waals surface area contributed by atoms with Gasteiger partial charge in [-0.3, -0.25) is 0 Å². The molecule has 1 aromatic carbocycles. The topological polar surface area (TPSA) is 64.1 Å². The zero-order valence-electron chi connectivity index (χ0n) is 11.2. The number of hydrogen-bond acceptors (Lipinski definition) is 4. The van der Waals surface area contributed by atoms with E-state index in [2.05, 4.69) is 21.9 Å². The number of aromatic nitrogens is 2. The van der Waals surface area contributed by atoms with Crippen LogP contribution in [0.1, 0.15) is 24.7 Å². The van der Waals surface area contributed by atoms with E-state index in [1.807, 2.05) is 18.2 Å². The van der Waals surface area contributed by atoms with Crippen molar-refractivity contribution in [2.45, 2.75) is 25.4 Å². The van der Waals surface area contributed by atoms with Crippen LogP contribution in [0.5, 0.6) is 0 Å². The highest BCUT2D eigenvalue weighted by atomic mass is 32.2. The van der Waals surface area contributed by atoms with Crippen molar-refractivity contribution < 1.29 is 5.11 Å². The molecule has 2 rings (SSSR count). The average molecular weight is 279 g/mol. The second kappa shape index (κ2) is 6.93. The minimum atomic E-state index is -0.0430. The van der Waals surface area contributed by atoms with Gasteiger partial charge in [0.05, 0.1) is 17.1 Å². The first-order valence-corrected chi connectivity index (χ1v) is 7.98. The van der Waals surface area contributed by atoms with Crippen LogP contribution < -0.4 is 5.73 Å². The first-order valence-electron chi connectivity index (χ1n) is 6.58. The van der Waals surface area contributed by atoms with E-state index in [1.165, 1.54) is 0 Å². The van der Waals surface area contributed by atoms with Crippen LogP contribution in [0.3, 0.4) is 0 Å². The summed E-state index contributed by atoms with van der Waals surface area (Å²) in [6, 6.07) is 8.03. The Kier molecular flexibility index (Phi) is 5.24. The summed E-state index contributed by atoms with van der Waals surface area (Å²) in [5, 5.41) is 9.04. The molecule has 3 N–H and O–H groups in total. The van der Waals surface area contributed by atoms with E-state index in [9.17, 15) is 0 Å². The van der Waals surface area contributed by atoms with Crippen molar-refractivity contribution in [1.82, 2.24) is 9.55 Å². The Labute approximate surface area is 118 Å². The number of nitrogens with two attached hydrogens (primary N) is 1. The van der Waals surface area contributed by atoms with Crippen LogP contribution in [0.4, 0.5) is 0 Å². The molecule has 0 saturated heterocycles. The minimum Gasteiger partial charge on any atom is -0.396 e. The summed E-state index contributed by atoms with van der Waals surface area (Å²) in [4.78, 5) is 4.67. The summed E-state index contributed by atoms with van der Waals surface area (Å²) in [6.45, 7) is 0.950. The van der Waals surface area contributed by atoms with Crippen LogP contribution in [0.15, 0.2) is 24.3 Å². The molecule has 0 radical (unpaired) electrons. The molecule has 1 atom stereocenters. The Hall–Kier alpha value is -1.04. The Morgan fingerprint density at radius 1 is 1.42 bits per heavy atom. The number of nitrogens with zero attached hydrogens (tertiary/aromatic N) is 2. The lowest BCUT2D eigenvalue weighted by atomic mass is 10.2. The number of fused-ring (bicyclic) bond motifs is 1. The van der Waals surface area contributed by atoms with Gasteiger partial charge in [0.15, 0.2) is 0 Å². The highest BCUT2D eigenvalue weighted by Gasteiger charge is 2.16. The molecule has 0 bridgehead atoms. The molecule has 1 aromatic heterocycles. The number of rotatable bonds is 7. The summed E-state index contributed by atoms with van der Waals surface area (Å²) in [7, 11) is 0. The molecule has 104 valence electrons. The van der Waals surface area contributed by atoms with Gasteiger partial charge < -0.3 is 15.4 Å². The van der Waals surface area contributed by atoms with E-state index in [1.54, 1.807) is 11.8 Å². The first-order chi connectivity index (χ1) is 9.27. The molecule has 0 aliphatic heterocycles. The largest absolute Gasteiger partial charge is 0.396 e. The predicted octanol–water partition coefficient (Wildman–Crippen LogP) is 2.17. The van der Waals surface area contributed by atoms with Crippen molar-refractivity contribution in [3.8, 4) is 0 Å². The number of aryl methyl sites for hydroxylation is 1. The zero-order chi connectivity index (χ0) is 13.7. The van der Waals surface area contributed by atoms with E-state index in [0.717, 1.165) is 42.0 Å².